The van der Waals surface area contributed by atoms with E-state index in [9.17, 15) is 24.2 Å². The largest absolute Gasteiger partial charge is 0.480 e. The van der Waals surface area contributed by atoms with Crippen molar-refractivity contribution in [1.82, 2.24) is 5.32 Å². The molecule has 1 atom stereocenters. The summed E-state index contributed by atoms with van der Waals surface area (Å²) in [5.41, 5.74) is 1.67. The molecule has 1 aliphatic rings. The Morgan fingerprint density at radius 3 is 2.24 bits per heavy atom. The molecule has 0 saturated heterocycles. The molecule has 0 spiro atoms. The van der Waals surface area contributed by atoms with Gasteiger partial charge >= 0.3 is 11.9 Å². The van der Waals surface area contributed by atoms with Crippen LogP contribution in [0.15, 0.2) is 42.5 Å². The number of halogens is 1. The van der Waals surface area contributed by atoms with Crippen LogP contribution in [0, 0.1) is 11.2 Å². The summed E-state index contributed by atoms with van der Waals surface area (Å²) in [6, 6.07) is 13.0. The molecule has 5 nitrogen and oxygen atoms in total. The molecule has 0 heterocycles. The molecule has 0 radical (unpaired) electrons. The lowest BCUT2D eigenvalue weighted by molar-refractivity contribution is -0.164. The number of aliphatic carboxylic acids is 2. The van der Waals surface area contributed by atoms with Crippen LogP contribution in [0.2, 0.25) is 0 Å². The number of hydrogen-bond acceptors (Lipinski definition) is 3. The van der Waals surface area contributed by atoms with E-state index in [0.29, 0.717) is 18.5 Å². The SMILES string of the molecule is CCCCCCCCc1ccc(-c2ccc(CNC3CCC(C(=O)O)(C(=O)O)C3)cc2F)cc1. The summed E-state index contributed by atoms with van der Waals surface area (Å²) in [5, 5.41) is 21.9. The van der Waals surface area contributed by atoms with Gasteiger partial charge in [-0.3, -0.25) is 9.59 Å². The maximum atomic E-state index is 14.8. The summed E-state index contributed by atoms with van der Waals surface area (Å²) in [5.74, 6) is -2.89. The van der Waals surface area contributed by atoms with E-state index < -0.39 is 17.4 Å². The first-order valence-electron chi connectivity index (χ1n) is 12.4. The van der Waals surface area contributed by atoms with Crippen LogP contribution in [-0.2, 0) is 22.6 Å². The Hall–Kier alpha value is -2.73. The fourth-order valence-electron chi connectivity index (χ4n) is 4.82. The van der Waals surface area contributed by atoms with E-state index in [2.05, 4.69) is 24.4 Å². The third kappa shape index (κ3) is 6.44. The third-order valence-corrected chi connectivity index (χ3v) is 7.05. The Balaban J connectivity index is 1.52. The van der Waals surface area contributed by atoms with Crippen LogP contribution in [0.4, 0.5) is 4.39 Å². The number of benzene rings is 2. The summed E-state index contributed by atoms with van der Waals surface area (Å²) in [6.07, 6.45) is 9.24. The lowest BCUT2D eigenvalue weighted by atomic mass is 9.86. The Kier molecular flexibility index (Phi) is 9.22. The highest BCUT2D eigenvalue weighted by molar-refractivity contribution is 5.98. The van der Waals surface area contributed by atoms with Gasteiger partial charge in [0.2, 0.25) is 0 Å². The number of carboxylic acid groups (broad SMARTS) is 2. The lowest BCUT2D eigenvalue weighted by Gasteiger charge is -2.19. The van der Waals surface area contributed by atoms with Gasteiger partial charge in [-0.2, -0.15) is 0 Å². The second-order valence-electron chi connectivity index (χ2n) is 9.54. The van der Waals surface area contributed by atoms with Gasteiger partial charge in [0.05, 0.1) is 0 Å². The van der Waals surface area contributed by atoms with Crippen molar-refractivity contribution in [2.75, 3.05) is 0 Å². The normalized spacial score (nSPS) is 17.1. The van der Waals surface area contributed by atoms with Gasteiger partial charge in [0.15, 0.2) is 5.41 Å². The van der Waals surface area contributed by atoms with Crippen molar-refractivity contribution >= 4 is 11.9 Å². The van der Waals surface area contributed by atoms with Gasteiger partial charge in [0.25, 0.3) is 0 Å². The van der Waals surface area contributed by atoms with Crippen LogP contribution < -0.4 is 5.32 Å². The molecule has 3 N–H and O–H groups in total. The van der Waals surface area contributed by atoms with Crippen molar-refractivity contribution in [2.45, 2.75) is 83.7 Å². The highest BCUT2D eigenvalue weighted by Crippen LogP contribution is 2.39. The number of carbonyl (C=O) groups is 2. The molecule has 0 bridgehead atoms. The standard InChI is InChI=1S/C28H36FNO4/c1-2-3-4-5-6-7-8-20-9-12-22(13-10-20)24-14-11-21(17-25(24)29)19-30-23-15-16-28(18-23,26(31)32)27(33)34/h9-14,17,23,30H,2-8,15-16,18-19H2,1H3,(H,31,32)(H,33,34). The predicted molar refractivity (Wildman–Crippen MR) is 131 cm³/mol. The monoisotopic (exact) mass is 469 g/mol. The molecule has 0 amide bonds. The Morgan fingerprint density at radius 2 is 1.62 bits per heavy atom. The van der Waals surface area contributed by atoms with Gasteiger partial charge < -0.3 is 15.5 Å². The smallest absolute Gasteiger partial charge is 0.321 e. The van der Waals surface area contributed by atoms with Gasteiger partial charge in [0.1, 0.15) is 5.82 Å². The number of unbranched alkanes of at least 4 members (excludes halogenated alkanes) is 5. The van der Waals surface area contributed by atoms with Crippen molar-refractivity contribution in [3.63, 3.8) is 0 Å². The minimum absolute atomic E-state index is 0.0311. The van der Waals surface area contributed by atoms with Crippen LogP contribution in [-0.4, -0.2) is 28.2 Å². The number of hydrogen-bond donors (Lipinski definition) is 3. The molecule has 3 rings (SSSR count). The number of rotatable bonds is 13. The zero-order valence-electron chi connectivity index (χ0n) is 20.0. The van der Waals surface area contributed by atoms with E-state index in [-0.39, 0.29) is 24.7 Å². The molecule has 1 saturated carbocycles. The molecular weight excluding hydrogens is 433 g/mol. The zero-order chi connectivity index (χ0) is 24.6. The molecule has 6 heteroatoms. The van der Waals surface area contributed by atoms with Crippen molar-refractivity contribution in [1.29, 1.82) is 0 Å². The van der Waals surface area contributed by atoms with Gasteiger partial charge in [0, 0.05) is 18.2 Å². The van der Waals surface area contributed by atoms with E-state index in [1.165, 1.54) is 50.2 Å². The molecule has 1 unspecified atom stereocenters. The molecule has 34 heavy (non-hydrogen) atoms. The van der Waals surface area contributed by atoms with Gasteiger partial charge in [-0.1, -0.05) is 75.4 Å². The number of carboxylic acids is 2. The van der Waals surface area contributed by atoms with Gasteiger partial charge in [-0.25, -0.2) is 4.39 Å². The van der Waals surface area contributed by atoms with E-state index in [0.717, 1.165) is 17.5 Å². The first-order chi connectivity index (χ1) is 16.4. The molecule has 1 fully saturated rings. The topological polar surface area (TPSA) is 86.6 Å². The second kappa shape index (κ2) is 12.1. The van der Waals surface area contributed by atoms with E-state index in [1.54, 1.807) is 6.07 Å². The van der Waals surface area contributed by atoms with Gasteiger partial charge in [-0.15, -0.1) is 0 Å². The average molecular weight is 470 g/mol. The molecular formula is C28H36FNO4. The fourth-order valence-corrected chi connectivity index (χ4v) is 4.82. The third-order valence-electron chi connectivity index (χ3n) is 7.05. The second-order valence-corrected chi connectivity index (χ2v) is 9.54. The number of nitrogens with one attached hydrogen (secondary N) is 1. The molecule has 2 aromatic carbocycles. The van der Waals surface area contributed by atoms with Crippen LogP contribution in [0.3, 0.4) is 0 Å². The summed E-state index contributed by atoms with van der Waals surface area (Å²) in [6.45, 7) is 2.58. The number of aryl methyl sites for hydroxylation is 1. The summed E-state index contributed by atoms with van der Waals surface area (Å²) >= 11 is 0. The summed E-state index contributed by atoms with van der Waals surface area (Å²) in [4.78, 5) is 22.9. The molecule has 184 valence electrons. The Labute approximate surface area is 201 Å². The molecule has 1 aliphatic carbocycles. The maximum Gasteiger partial charge on any atom is 0.321 e. The fraction of sp³-hybridized carbons (Fsp3) is 0.500. The van der Waals surface area contributed by atoms with Crippen molar-refractivity contribution < 1.29 is 24.2 Å². The molecule has 0 aromatic heterocycles. The van der Waals surface area contributed by atoms with Crippen LogP contribution >= 0.6 is 0 Å². The first-order valence-corrected chi connectivity index (χ1v) is 12.4. The maximum absolute atomic E-state index is 14.8. The van der Waals surface area contributed by atoms with Crippen molar-refractivity contribution in [3.8, 4) is 11.1 Å². The average Bonchev–Trinajstić information content (AvgIpc) is 3.27. The quantitative estimate of drug-likeness (QED) is 0.240. The Bertz CT molecular complexity index is 959. The van der Waals surface area contributed by atoms with Crippen LogP contribution in [0.1, 0.15) is 75.8 Å². The Morgan fingerprint density at radius 1 is 0.971 bits per heavy atom. The highest BCUT2D eigenvalue weighted by atomic mass is 19.1. The van der Waals surface area contributed by atoms with Gasteiger partial charge in [-0.05, 0) is 54.9 Å². The highest BCUT2D eigenvalue weighted by Gasteiger charge is 2.51. The van der Waals surface area contributed by atoms with Crippen molar-refractivity contribution in [2.24, 2.45) is 5.41 Å². The first kappa shape index (κ1) is 25.9. The van der Waals surface area contributed by atoms with E-state index in [4.69, 9.17) is 0 Å². The predicted octanol–water partition coefficient (Wildman–Crippen LogP) is 6.19. The molecule has 2 aromatic rings. The van der Waals surface area contributed by atoms with E-state index >= 15 is 0 Å². The van der Waals surface area contributed by atoms with Crippen LogP contribution in [0.5, 0.6) is 0 Å². The summed E-state index contributed by atoms with van der Waals surface area (Å²) < 4.78 is 14.8. The van der Waals surface area contributed by atoms with E-state index in [1.807, 2.05) is 18.2 Å². The van der Waals surface area contributed by atoms with Crippen LogP contribution in [0.25, 0.3) is 11.1 Å². The minimum atomic E-state index is -1.73. The zero-order valence-corrected chi connectivity index (χ0v) is 20.0. The minimum Gasteiger partial charge on any atom is -0.480 e. The molecule has 0 aliphatic heterocycles. The van der Waals surface area contributed by atoms with Crippen molar-refractivity contribution in [3.05, 3.63) is 59.4 Å². The lowest BCUT2D eigenvalue weighted by Crippen LogP contribution is -2.39. The summed E-state index contributed by atoms with van der Waals surface area (Å²) in [7, 11) is 0.